The van der Waals surface area contributed by atoms with Crippen molar-refractivity contribution in [3.05, 3.63) is 70.5 Å². The summed E-state index contributed by atoms with van der Waals surface area (Å²) in [6.07, 6.45) is 3.50. The normalized spacial score (nSPS) is 22.4. The third kappa shape index (κ3) is 3.51. The zero-order valence-electron chi connectivity index (χ0n) is 15.2. The molecule has 4 rings (SSSR count). The maximum absolute atomic E-state index is 13.5. The van der Waals surface area contributed by atoms with E-state index >= 15 is 0 Å². The van der Waals surface area contributed by atoms with Crippen LogP contribution in [-0.2, 0) is 30.6 Å². The van der Waals surface area contributed by atoms with E-state index in [0.717, 1.165) is 37.8 Å². The van der Waals surface area contributed by atoms with Gasteiger partial charge in [0.2, 0.25) is 5.91 Å². The fourth-order valence-electron chi connectivity index (χ4n) is 4.26. The molecule has 2 aromatic carbocycles. The van der Waals surface area contributed by atoms with E-state index < -0.39 is 0 Å². The molecule has 1 unspecified atom stereocenters. The van der Waals surface area contributed by atoms with E-state index in [1.165, 1.54) is 22.8 Å². The first-order valence-electron chi connectivity index (χ1n) is 9.42. The largest absolute Gasteiger partial charge is 0.354 e. The fraction of sp³-hybridized carbons (Fsp3) is 0.409. The van der Waals surface area contributed by atoms with Crippen LogP contribution in [-0.4, -0.2) is 30.4 Å². The fourth-order valence-corrected chi connectivity index (χ4v) is 4.26. The van der Waals surface area contributed by atoms with Crippen LogP contribution in [0.2, 0.25) is 0 Å². The molecule has 1 amide bonds. The number of halogens is 1. The third-order valence-electron chi connectivity index (χ3n) is 5.90. The van der Waals surface area contributed by atoms with Crippen molar-refractivity contribution in [2.75, 3.05) is 13.6 Å². The Bertz CT molecular complexity index is 820. The molecule has 2 atom stereocenters. The van der Waals surface area contributed by atoms with Crippen LogP contribution in [0.3, 0.4) is 0 Å². The van der Waals surface area contributed by atoms with Crippen molar-refractivity contribution in [2.45, 2.75) is 38.3 Å². The second-order valence-corrected chi connectivity index (χ2v) is 7.64. The Morgan fingerprint density at radius 1 is 1.12 bits per heavy atom. The molecular formula is C22H25FN2O. The van der Waals surface area contributed by atoms with Crippen LogP contribution in [0.25, 0.3) is 0 Å². The minimum atomic E-state index is -0.183. The molecule has 136 valence electrons. The number of nitrogens with zero attached hydrogens (tertiary/aromatic N) is 1. The molecule has 3 nitrogen and oxygen atoms in total. The van der Waals surface area contributed by atoms with Gasteiger partial charge in [-0.25, -0.2) is 4.39 Å². The van der Waals surface area contributed by atoms with E-state index in [0.29, 0.717) is 6.54 Å². The number of amides is 1. The summed E-state index contributed by atoms with van der Waals surface area (Å²) in [6, 6.07) is 13.7. The molecule has 2 aromatic rings. The second-order valence-electron chi connectivity index (χ2n) is 7.64. The van der Waals surface area contributed by atoms with Gasteiger partial charge < -0.3 is 5.32 Å². The molecule has 1 heterocycles. The van der Waals surface area contributed by atoms with Gasteiger partial charge in [-0.15, -0.1) is 0 Å². The number of likely N-dealkylation sites (N-methyl/N-ethyl adjacent to an activating group) is 1. The van der Waals surface area contributed by atoms with Gasteiger partial charge in [0.25, 0.3) is 0 Å². The summed E-state index contributed by atoms with van der Waals surface area (Å²) >= 11 is 0. The Labute approximate surface area is 154 Å². The van der Waals surface area contributed by atoms with E-state index in [2.05, 4.69) is 35.5 Å². The summed E-state index contributed by atoms with van der Waals surface area (Å²) in [6.45, 7) is 1.41. The Morgan fingerprint density at radius 3 is 2.77 bits per heavy atom. The number of carbonyl (C=O) groups is 1. The maximum Gasteiger partial charge on any atom is 0.223 e. The zero-order chi connectivity index (χ0) is 18.1. The molecule has 0 aromatic heterocycles. The van der Waals surface area contributed by atoms with E-state index in [9.17, 15) is 9.18 Å². The molecule has 0 saturated carbocycles. The summed E-state index contributed by atoms with van der Waals surface area (Å²) in [5, 5.41) is 3.15. The van der Waals surface area contributed by atoms with Crippen LogP contribution in [0.1, 0.15) is 28.7 Å². The molecule has 1 aliphatic carbocycles. The lowest BCUT2D eigenvalue weighted by atomic mass is 9.83. The van der Waals surface area contributed by atoms with Crippen LogP contribution in [0.5, 0.6) is 0 Å². The van der Waals surface area contributed by atoms with Crippen molar-refractivity contribution in [3.63, 3.8) is 0 Å². The predicted molar refractivity (Wildman–Crippen MR) is 100 cm³/mol. The SMILES string of the molecule is CN1Cc2ccc(F)cc2C[C@H]1CNC(=O)C1CCc2ccccc2C1. The Balaban J connectivity index is 1.36. The summed E-state index contributed by atoms with van der Waals surface area (Å²) in [4.78, 5) is 14.9. The summed E-state index contributed by atoms with van der Waals surface area (Å²) in [5.74, 6) is 0.0263. The summed E-state index contributed by atoms with van der Waals surface area (Å²) in [5.41, 5.74) is 4.93. The monoisotopic (exact) mass is 352 g/mol. The number of carbonyl (C=O) groups excluding carboxylic acids is 1. The standard InChI is InChI=1S/C22H25FN2O/c1-25-14-18-8-9-20(23)11-19(18)12-21(25)13-24-22(26)17-7-6-15-4-2-3-5-16(15)10-17/h2-5,8-9,11,17,21H,6-7,10,12-14H2,1H3,(H,24,26)/t17?,21-/m0/s1. The van der Waals surface area contributed by atoms with Crippen LogP contribution in [0.4, 0.5) is 4.39 Å². The number of benzene rings is 2. The van der Waals surface area contributed by atoms with Crippen LogP contribution >= 0.6 is 0 Å². The third-order valence-corrected chi connectivity index (χ3v) is 5.90. The van der Waals surface area contributed by atoms with Gasteiger partial charge in [0.05, 0.1) is 0 Å². The van der Waals surface area contributed by atoms with Crippen molar-refractivity contribution in [1.82, 2.24) is 10.2 Å². The molecular weight excluding hydrogens is 327 g/mol. The van der Waals surface area contributed by atoms with Crippen LogP contribution in [0.15, 0.2) is 42.5 Å². The van der Waals surface area contributed by atoms with Crippen molar-refractivity contribution >= 4 is 5.91 Å². The first-order chi connectivity index (χ1) is 12.6. The highest BCUT2D eigenvalue weighted by atomic mass is 19.1. The van der Waals surface area contributed by atoms with Crippen molar-refractivity contribution in [1.29, 1.82) is 0 Å². The molecule has 2 aliphatic rings. The first kappa shape index (κ1) is 17.2. The lowest BCUT2D eigenvalue weighted by Crippen LogP contribution is -2.47. The van der Waals surface area contributed by atoms with Gasteiger partial charge in [-0.2, -0.15) is 0 Å². The average Bonchev–Trinajstić information content (AvgIpc) is 2.66. The smallest absolute Gasteiger partial charge is 0.223 e. The highest BCUT2D eigenvalue weighted by Gasteiger charge is 2.27. The summed E-state index contributed by atoms with van der Waals surface area (Å²) < 4.78 is 13.5. The van der Waals surface area contributed by atoms with Crippen LogP contribution in [0, 0.1) is 11.7 Å². The molecule has 1 aliphatic heterocycles. The van der Waals surface area contributed by atoms with E-state index in [1.54, 1.807) is 6.07 Å². The van der Waals surface area contributed by atoms with Gasteiger partial charge in [0, 0.05) is 25.0 Å². The van der Waals surface area contributed by atoms with Crippen LogP contribution < -0.4 is 5.32 Å². The maximum atomic E-state index is 13.5. The summed E-state index contributed by atoms with van der Waals surface area (Å²) in [7, 11) is 2.07. The van der Waals surface area contributed by atoms with E-state index in [4.69, 9.17) is 0 Å². The minimum absolute atomic E-state index is 0.0588. The number of rotatable bonds is 3. The molecule has 0 fully saturated rings. The second kappa shape index (κ2) is 7.20. The molecule has 4 heteroatoms. The Hall–Kier alpha value is -2.20. The highest BCUT2D eigenvalue weighted by molar-refractivity contribution is 5.79. The van der Waals surface area contributed by atoms with Crippen molar-refractivity contribution < 1.29 is 9.18 Å². The van der Waals surface area contributed by atoms with Gasteiger partial charge in [0.1, 0.15) is 5.82 Å². The molecule has 26 heavy (non-hydrogen) atoms. The number of hydrogen-bond acceptors (Lipinski definition) is 2. The van der Waals surface area contributed by atoms with E-state index in [-0.39, 0.29) is 23.7 Å². The quantitative estimate of drug-likeness (QED) is 0.921. The highest BCUT2D eigenvalue weighted by Crippen LogP contribution is 2.26. The minimum Gasteiger partial charge on any atom is -0.354 e. The molecule has 0 saturated heterocycles. The lowest BCUT2D eigenvalue weighted by molar-refractivity contribution is -0.125. The van der Waals surface area contributed by atoms with Gasteiger partial charge in [-0.1, -0.05) is 30.3 Å². The predicted octanol–water partition coefficient (Wildman–Crippen LogP) is 3.10. The van der Waals surface area contributed by atoms with Crippen molar-refractivity contribution in [2.24, 2.45) is 5.92 Å². The van der Waals surface area contributed by atoms with Gasteiger partial charge in [-0.3, -0.25) is 9.69 Å². The zero-order valence-corrected chi connectivity index (χ0v) is 15.2. The molecule has 1 N–H and O–H groups in total. The average molecular weight is 352 g/mol. The number of fused-ring (bicyclic) bond motifs is 2. The number of aryl methyl sites for hydroxylation is 1. The Morgan fingerprint density at radius 2 is 1.92 bits per heavy atom. The van der Waals surface area contributed by atoms with Crippen molar-refractivity contribution in [3.8, 4) is 0 Å². The topological polar surface area (TPSA) is 32.3 Å². The van der Waals surface area contributed by atoms with E-state index in [1.807, 2.05) is 12.1 Å². The lowest BCUT2D eigenvalue weighted by Gasteiger charge is -2.34. The van der Waals surface area contributed by atoms with Gasteiger partial charge in [0.15, 0.2) is 0 Å². The number of nitrogens with one attached hydrogen (secondary N) is 1. The molecule has 0 spiro atoms. The van der Waals surface area contributed by atoms with Gasteiger partial charge in [-0.05, 0) is 67.1 Å². The molecule has 0 radical (unpaired) electrons. The number of hydrogen-bond donors (Lipinski definition) is 1. The van der Waals surface area contributed by atoms with Gasteiger partial charge >= 0.3 is 0 Å². The first-order valence-corrected chi connectivity index (χ1v) is 9.42. The molecule has 0 bridgehead atoms. The Kier molecular flexibility index (Phi) is 4.77.